The van der Waals surface area contributed by atoms with Gasteiger partial charge in [-0.05, 0) is 18.1 Å². The molecule has 0 heterocycles. The summed E-state index contributed by atoms with van der Waals surface area (Å²) < 4.78 is 10.3. The Labute approximate surface area is 266 Å². The van der Waals surface area contributed by atoms with E-state index in [2.05, 4.69) is 16.0 Å². The summed E-state index contributed by atoms with van der Waals surface area (Å²) >= 11 is 30.1. The average molecular weight is 676 g/mol. The molecule has 2 atom stereocenters. The van der Waals surface area contributed by atoms with Crippen LogP contribution in [-0.4, -0.2) is 42.5 Å². The molecule has 0 aliphatic heterocycles. The zero-order valence-electron chi connectivity index (χ0n) is 21.9. The maximum Gasteiger partial charge on any atom is 0.408 e. The summed E-state index contributed by atoms with van der Waals surface area (Å²) in [6.07, 6.45) is -0.730. The summed E-state index contributed by atoms with van der Waals surface area (Å²) in [5.74, 6) is -2.64. The third-order valence-corrected chi connectivity index (χ3v) is 7.89. The molecule has 0 aliphatic rings. The van der Waals surface area contributed by atoms with Crippen LogP contribution in [-0.2, 0) is 32.1 Å². The SMILES string of the molecule is CC(NC(=O)OCc1ccccc1)C(=O)NC(Cc1ccccc1)C(=O)NCC(=O)Oc1c(Cl)c(Cl)c(Cl)c(Cl)c1Cl. The summed E-state index contributed by atoms with van der Waals surface area (Å²) in [6.45, 7) is 0.828. The maximum absolute atomic E-state index is 13.1. The highest BCUT2D eigenvalue weighted by molar-refractivity contribution is 6.55. The number of benzene rings is 3. The molecule has 2 unspecified atom stereocenters. The molecule has 0 saturated carbocycles. The molecular formula is C28H24Cl5N3O6. The second-order valence-corrected chi connectivity index (χ2v) is 10.7. The van der Waals surface area contributed by atoms with Gasteiger partial charge in [0, 0.05) is 6.42 Å². The molecule has 14 heteroatoms. The number of carbonyl (C=O) groups excluding carboxylic acids is 4. The quantitative estimate of drug-likeness (QED) is 0.0990. The summed E-state index contributed by atoms with van der Waals surface area (Å²) in [6, 6.07) is 15.7. The number of hydrogen-bond donors (Lipinski definition) is 3. The lowest BCUT2D eigenvalue weighted by Crippen LogP contribution is -2.54. The Morgan fingerprint density at radius 2 is 1.24 bits per heavy atom. The summed E-state index contributed by atoms with van der Waals surface area (Å²) in [7, 11) is 0. The van der Waals surface area contributed by atoms with Crippen LogP contribution in [0.25, 0.3) is 0 Å². The highest BCUT2D eigenvalue weighted by Crippen LogP contribution is 2.48. The van der Waals surface area contributed by atoms with Gasteiger partial charge in [-0.3, -0.25) is 9.59 Å². The first kappa shape index (κ1) is 33.3. The van der Waals surface area contributed by atoms with Crippen molar-refractivity contribution in [2.45, 2.75) is 32.0 Å². The van der Waals surface area contributed by atoms with Gasteiger partial charge >= 0.3 is 12.1 Å². The van der Waals surface area contributed by atoms with Crippen molar-refractivity contribution in [3.05, 3.63) is 96.9 Å². The van der Waals surface area contributed by atoms with Crippen LogP contribution in [0.3, 0.4) is 0 Å². The van der Waals surface area contributed by atoms with Crippen LogP contribution < -0.4 is 20.7 Å². The van der Waals surface area contributed by atoms with E-state index in [0.717, 1.165) is 11.1 Å². The molecule has 0 bridgehead atoms. The molecule has 9 nitrogen and oxygen atoms in total. The minimum absolute atomic E-state index is 0.0149. The van der Waals surface area contributed by atoms with Gasteiger partial charge in [-0.2, -0.15) is 0 Å². The number of amides is 3. The molecule has 3 aromatic rings. The molecule has 3 rings (SSSR count). The third kappa shape index (κ3) is 9.40. The lowest BCUT2D eigenvalue weighted by Gasteiger charge is -2.21. The third-order valence-electron chi connectivity index (χ3n) is 5.65. The van der Waals surface area contributed by atoms with Gasteiger partial charge in [-0.1, -0.05) is 119 Å². The van der Waals surface area contributed by atoms with Crippen molar-refractivity contribution < 1.29 is 28.7 Å². The highest BCUT2D eigenvalue weighted by atomic mass is 35.5. The lowest BCUT2D eigenvalue weighted by molar-refractivity contribution is -0.136. The normalized spacial score (nSPS) is 12.0. The molecule has 0 aliphatic carbocycles. The second-order valence-electron chi connectivity index (χ2n) is 8.77. The second kappa shape index (κ2) is 15.9. The van der Waals surface area contributed by atoms with Crippen LogP contribution >= 0.6 is 58.0 Å². The number of hydrogen-bond acceptors (Lipinski definition) is 6. The van der Waals surface area contributed by atoms with Crippen LogP contribution in [0.4, 0.5) is 4.79 Å². The van der Waals surface area contributed by atoms with Crippen molar-refractivity contribution in [2.75, 3.05) is 6.54 Å². The van der Waals surface area contributed by atoms with Crippen molar-refractivity contribution in [2.24, 2.45) is 0 Å². The lowest BCUT2D eigenvalue weighted by atomic mass is 10.0. The zero-order valence-corrected chi connectivity index (χ0v) is 25.7. The van der Waals surface area contributed by atoms with Gasteiger partial charge in [0.05, 0.1) is 15.1 Å². The van der Waals surface area contributed by atoms with Gasteiger partial charge in [0.15, 0.2) is 5.75 Å². The Hall–Kier alpha value is -3.21. The molecule has 0 radical (unpaired) electrons. The molecule has 3 aromatic carbocycles. The Balaban J connectivity index is 1.62. The molecular weight excluding hydrogens is 652 g/mol. The minimum atomic E-state index is -1.12. The van der Waals surface area contributed by atoms with Gasteiger partial charge in [0.2, 0.25) is 11.8 Å². The van der Waals surface area contributed by atoms with E-state index in [-0.39, 0.29) is 43.9 Å². The van der Waals surface area contributed by atoms with E-state index >= 15 is 0 Å². The molecule has 222 valence electrons. The fourth-order valence-electron chi connectivity index (χ4n) is 3.47. The van der Waals surface area contributed by atoms with Gasteiger partial charge in [0.1, 0.15) is 35.3 Å². The van der Waals surface area contributed by atoms with E-state index in [1.807, 2.05) is 6.07 Å². The predicted octanol–water partition coefficient (Wildman–Crippen LogP) is 6.02. The van der Waals surface area contributed by atoms with E-state index in [1.165, 1.54) is 6.92 Å². The Morgan fingerprint density at radius 1 is 0.714 bits per heavy atom. The fourth-order valence-corrected chi connectivity index (χ4v) is 4.67. The number of rotatable bonds is 11. The Morgan fingerprint density at radius 3 is 1.81 bits per heavy atom. The van der Waals surface area contributed by atoms with E-state index in [9.17, 15) is 19.2 Å². The van der Waals surface area contributed by atoms with E-state index in [4.69, 9.17) is 67.5 Å². The summed E-state index contributed by atoms with van der Waals surface area (Å²) in [5, 5.41) is 6.48. The van der Waals surface area contributed by atoms with Gasteiger partial charge in [0.25, 0.3) is 0 Å². The molecule has 3 amide bonds. The monoisotopic (exact) mass is 673 g/mol. The van der Waals surface area contributed by atoms with E-state index in [0.29, 0.717) is 0 Å². The molecule has 42 heavy (non-hydrogen) atoms. The van der Waals surface area contributed by atoms with Crippen molar-refractivity contribution >= 4 is 81.9 Å². The van der Waals surface area contributed by atoms with Gasteiger partial charge in [-0.25, -0.2) is 9.59 Å². The van der Waals surface area contributed by atoms with E-state index < -0.39 is 42.5 Å². The topological polar surface area (TPSA) is 123 Å². The number of esters is 1. The van der Waals surface area contributed by atoms with Crippen molar-refractivity contribution in [3.63, 3.8) is 0 Å². The number of halogens is 5. The molecule has 0 aromatic heterocycles. The van der Waals surface area contributed by atoms with Crippen LogP contribution in [0.1, 0.15) is 18.1 Å². The molecule has 0 spiro atoms. The summed E-state index contributed by atoms with van der Waals surface area (Å²) in [5.41, 5.74) is 1.50. The number of nitrogens with one attached hydrogen (secondary N) is 3. The molecule has 3 N–H and O–H groups in total. The number of ether oxygens (including phenoxy) is 2. The smallest absolute Gasteiger partial charge is 0.408 e. The van der Waals surface area contributed by atoms with E-state index in [1.54, 1.807) is 54.6 Å². The fraction of sp³-hybridized carbons (Fsp3) is 0.214. The van der Waals surface area contributed by atoms with Crippen LogP contribution in [0.5, 0.6) is 5.75 Å². The Kier molecular flexibility index (Phi) is 12.6. The first-order valence-electron chi connectivity index (χ1n) is 12.3. The zero-order chi connectivity index (χ0) is 30.8. The molecule has 0 fully saturated rings. The van der Waals surface area contributed by atoms with Crippen molar-refractivity contribution in [3.8, 4) is 5.75 Å². The average Bonchev–Trinajstić information content (AvgIpc) is 2.99. The van der Waals surface area contributed by atoms with Gasteiger partial charge < -0.3 is 25.4 Å². The summed E-state index contributed by atoms with van der Waals surface area (Å²) in [4.78, 5) is 50.7. The first-order valence-corrected chi connectivity index (χ1v) is 14.2. The first-order chi connectivity index (χ1) is 20.0. The van der Waals surface area contributed by atoms with Crippen LogP contribution in [0.2, 0.25) is 25.1 Å². The van der Waals surface area contributed by atoms with Gasteiger partial charge in [-0.15, -0.1) is 0 Å². The van der Waals surface area contributed by atoms with Crippen molar-refractivity contribution in [1.29, 1.82) is 0 Å². The standard InChI is InChI=1S/C28H24Cl5N3O6/c1-15(35-28(40)41-14-17-10-6-3-7-11-17)26(38)36-18(12-16-8-4-2-5-9-16)27(39)34-13-19(37)42-25-23(32)21(30)20(29)22(31)24(25)33/h2-11,15,18H,12-14H2,1H3,(H,34,39)(H,35,40)(H,36,38). The predicted molar refractivity (Wildman–Crippen MR) is 161 cm³/mol. The number of alkyl carbamates (subject to hydrolysis) is 1. The van der Waals surface area contributed by atoms with Crippen LogP contribution in [0, 0.1) is 0 Å². The number of carbonyl (C=O) groups is 4. The van der Waals surface area contributed by atoms with Crippen LogP contribution in [0.15, 0.2) is 60.7 Å². The maximum atomic E-state index is 13.1. The molecule has 0 saturated heterocycles. The minimum Gasteiger partial charge on any atom is -0.445 e. The largest absolute Gasteiger partial charge is 0.445 e. The Bertz CT molecular complexity index is 1410. The van der Waals surface area contributed by atoms with Crippen molar-refractivity contribution in [1.82, 2.24) is 16.0 Å². The highest BCUT2D eigenvalue weighted by Gasteiger charge is 2.27.